The summed E-state index contributed by atoms with van der Waals surface area (Å²) >= 11 is 0. The molecule has 0 aliphatic heterocycles. The zero-order valence-corrected chi connectivity index (χ0v) is 55.0. The highest BCUT2D eigenvalue weighted by Crippen LogP contribution is 2.17. The molecule has 84 heavy (non-hydrogen) atoms. The summed E-state index contributed by atoms with van der Waals surface area (Å²) in [5.41, 5.74) is 0. The Labute approximate surface area is 514 Å². The van der Waals surface area contributed by atoms with Crippen molar-refractivity contribution < 1.29 is 62.3 Å². The molecule has 0 bridgehead atoms. The van der Waals surface area contributed by atoms with Crippen LogP contribution in [0.2, 0.25) is 0 Å². The Morgan fingerprint density at radius 2 is 0.417 bits per heavy atom. The molecule has 0 saturated carbocycles. The highest BCUT2D eigenvalue weighted by atomic mass is 16.6. The topological polar surface area (TPSA) is 181 Å². The molecular weight excluding hydrogens is 1060 g/mol. The van der Waals surface area contributed by atoms with Gasteiger partial charge in [0, 0.05) is 45.1 Å². The summed E-state index contributed by atoms with van der Waals surface area (Å²) in [6.07, 6.45) is 48.2. The van der Waals surface area contributed by atoms with E-state index in [1.165, 1.54) is 154 Å². The Morgan fingerprint density at radius 3 is 0.595 bits per heavy atom. The second kappa shape index (κ2) is 64.2. The van der Waals surface area contributed by atoms with Crippen molar-refractivity contribution in [2.75, 3.05) is 65.9 Å². The maximum Gasteiger partial charge on any atom is 0.305 e. The summed E-state index contributed by atoms with van der Waals surface area (Å²) < 4.78 is 33.7. The first-order valence-electron chi connectivity index (χ1n) is 35.3. The van der Waals surface area contributed by atoms with Gasteiger partial charge in [-0.15, -0.1) is 0 Å². The average Bonchev–Trinajstić information content (AvgIpc) is 3.49. The standard InChI is InChI=1S/C70H131NO13/c1-5-9-13-17-21-25-29-33-39-47-65(73)79-57-63(58-80-66(74)48-40-34-30-26-22-18-14-10-6-2)61-83-69(77)51-43-37-45-53-71(55-56-72)54-46-38-44-52-70(78)84-62-64(59-81-67(75)49-41-35-31-27-23-19-15-11-7-3)60-82-68(76)50-42-36-32-28-24-20-16-12-8-4/h63-64,72H,5-62H2,1-4H3. The monoisotopic (exact) mass is 1190 g/mol. The van der Waals surface area contributed by atoms with Gasteiger partial charge in [-0.25, -0.2) is 0 Å². The van der Waals surface area contributed by atoms with E-state index in [0.717, 1.165) is 116 Å². The van der Waals surface area contributed by atoms with E-state index in [1.54, 1.807) is 0 Å². The minimum atomic E-state index is -0.443. The van der Waals surface area contributed by atoms with Gasteiger partial charge in [-0.1, -0.05) is 246 Å². The van der Waals surface area contributed by atoms with Crippen LogP contribution in [0.5, 0.6) is 0 Å². The number of rotatable bonds is 66. The van der Waals surface area contributed by atoms with Crippen molar-refractivity contribution in [2.45, 2.75) is 336 Å². The van der Waals surface area contributed by atoms with E-state index in [-0.39, 0.29) is 94.9 Å². The van der Waals surface area contributed by atoms with Gasteiger partial charge in [0.1, 0.15) is 39.6 Å². The predicted molar refractivity (Wildman–Crippen MR) is 341 cm³/mol. The van der Waals surface area contributed by atoms with Crippen molar-refractivity contribution in [3.8, 4) is 0 Å². The third kappa shape index (κ3) is 59.1. The molecule has 0 atom stereocenters. The van der Waals surface area contributed by atoms with Crippen LogP contribution in [0.4, 0.5) is 0 Å². The molecule has 0 amide bonds. The Morgan fingerprint density at radius 1 is 0.250 bits per heavy atom. The lowest BCUT2D eigenvalue weighted by molar-refractivity contribution is -0.156. The van der Waals surface area contributed by atoms with Crippen LogP contribution < -0.4 is 0 Å². The normalized spacial score (nSPS) is 11.4. The van der Waals surface area contributed by atoms with Gasteiger partial charge in [-0.05, 0) is 64.5 Å². The lowest BCUT2D eigenvalue weighted by atomic mass is 10.1. The minimum absolute atomic E-state index is 0.00520. The van der Waals surface area contributed by atoms with Crippen LogP contribution in [0.3, 0.4) is 0 Å². The van der Waals surface area contributed by atoms with Crippen LogP contribution >= 0.6 is 0 Å². The fraction of sp³-hybridized carbons (Fsp3) is 0.914. The molecule has 0 heterocycles. The maximum atomic E-state index is 12.9. The molecule has 0 spiro atoms. The van der Waals surface area contributed by atoms with Gasteiger partial charge in [-0.3, -0.25) is 28.8 Å². The predicted octanol–water partition coefficient (Wildman–Crippen LogP) is 17.6. The SMILES string of the molecule is CCCCCCCCCCCC(=O)OCC(COC(=O)CCCCCCCCCCC)COC(=O)CCCCCN(CCO)CCCCCC(=O)OCC(COC(=O)CCCCCCCCCCC)COC(=O)CCCCCCCCCCC. The number of hydrogen-bond donors (Lipinski definition) is 1. The first kappa shape index (κ1) is 80.7. The smallest absolute Gasteiger partial charge is 0.305 e. The third-order valence-corrected chi connectivity index (χ3v) is 15.9. The number of nitrogens with zero attached hydrogens (tertiary/aromatic N) is 1. The van der Waals surface area contributed by atoms with Gasteiger partial charge in [0.15, 0.2) is 0 Å². The maximum absolute atomic E-state index is 12.9. The molecule has 14 heteroatoms. The molecular formula is C70H131NO13. The van der Waals surface area contributed by atoms with Gasteiger partial charge in [-0.2, -0.15) is 0 Å². The highest BCUT2D eigenvalue weighted by molar-refractivity contribution is 5.71. The number of aliphatic hydroxyl groups excluding tert-OH is 1. The van der Waals surface area contributed by atoms with Crippen LogP contribution in [0.15, 0.2) is 0 Å². The van der Waals surface area contributed by atoms with Crippen LogP contribution in [-0.2, 0) is 57.2 Å². The van der Waals surface area contributed by atoms with Crippen LogP contribution in [0, 0.1) is 11.8 Å². The molecule has 0 radical (unpaired) electrons. The Balaban J connectivity index is 4.83. The molecule has 0 rings (SSSR count). The first-order valence-corrected chi connectivity index (χ1v) is 35.3. The number of ether oxygens (including phenoxy) is 6. The molecule has 14 nitrogen and oxygen atoms in total. The van der Waals surface area contributed by atoms with Gasteiger partial charge in [0.05, 0.1) is 18.4 Å². The molecule has 0 saturated heterocycles. The summed E-state index contributed by atoms with van der Waals surface area (Å²) in [7, 11) is 0. The molecule has 494 valence electrons. The lowest BCUT2D eigenvalue weighted by Crippen LogP contribution is -2.29. The number of hydrogen-bond acceptors (Lipinski definition) is 14. The van der Waals surface area contributed by atoms with Crippen molar-refractivity contribution in [3.63, 3.8) is 0 Å². The number of aliphatic hydroxyl groups is 1. The number of unbranched alkanes of at least 4 members (excludes halogenated alkanes) is 36. The fourth-order valence-corrected chi connectivity index (χ4v) is 10.3. The van der Waals surface area contributed by atoms with Crippen molar-refractivity contribution in [1.82, 2.24) is 4.90 Å². The molecule has 0 unspecified atom stereocenters. The first-order chi connectivity index (χ1) is 41.1. The largest absolute Gasteiger partial charge is 0.465 e. The van der Waals surface area contributed by atoms with E-state index in [0.29, 0.717) is 45.1 Å². The van der Waals surface area contributed by atoms with E-state index in [1.807, 2.05) is 0 Å². The number of carbonyl (C=O) groups excluding carboxylic acids is 6. The molecule has 0 fully saturated rings. The van der Waals surface area contributed by atoms with Crippen LogP contribution in [0.25, 0.3) is 0 Å². The number of esters is 6. The summed E-state index contributed by atoms with van der Waals surface area (Å²) in [5, 5.41) is 9.77. The quantitative estimate of drug-likeness (QED) is 0.0345. The van der Waals surface area contributed by atoms with Crippen molar-refractivity contribution in [3.05, 3.63) is 0 Å². The van der Waals surface area contributed by atoms with Crippen molar-refractivity contribution in [2.24, 2.45) is 11.8 Å². The van der Waals surface area contributed by atoms with E-state index in [2.05, 4.69) is 32.6 Å². The van der Waals surface area contributed by atoms with Crippen LogP contribution in [0.1, 0.15) is 336 Å². The molecule has 0 aromatic heterocycles. The second-order valence-electron chi connectivity index (χ2n) is 24.3. The van der Waals surface area contributed by atoms with E-state index >= 15 is 0 Å². The Bertz CT molecular complexity index is 1330. The molecule has 0 aromatic carbocycles. The van der Waals surface area contributed by atoms with E-state index < -0.39 is 11.8 Å². The summed E-state index contributed by atoms with van der Waals surface area (Å²) in [6, 6.07) is 0. The summed E-state index contributed by atoms with van der Waals surface area (Å²) in [6.45, 7) is 11.1. The van der Waals surface area contributed by atoms with E-state index in [4.69, 9.17) is 28.4 Å². The summed E-state index contributed by atoms with van der Waals surface area (Å²) in [5.74, 6) is -2.68. The Kier molecular flexibility index (Phi) is 61.7. The molecule has 0 aliphatic rings. The van der Waals surface area contributed by atoms with Crippen molar-refractivity contribution >= 4 is 35.8 Å². The van der Waals surface area contributed by atoms with Crippen LogP contribution in [-0.4, -0.2) is 112 Å². The van der Waals surface area contributed by atoms with Gasteiger partial charge in [0.25, 0.3) is 0 Å². The molecule has 1 N–H and O–H groups in total. The fourth-order valence-electron chi connectivity index (χ4n) is 10.3. The highest BCUT2D eigenvalue weighted by Gasteiger charge is 2.20. The summed E-state index contributed by atoms with van der Waals surface area (Å²) in [4.78, 5) is 78.6. The molecule has 0 aromatic rings. The third-order valence-electron chi connectivity index (χ3n) is 15.9. The van der Waals surface area contributed by atoms with Gasteiger partial charge < -0.3 is 38.4 Å². The van der Waals surface area contributed by atoms with Crippen molar-refractivity contribution in [1.29, 1.82) is 0 Å². The Hall–Kier alpha value is -3.26. The second-order valence-corrected chi connectivity index (χ2v) is 24.3. The number of carbonyl (C=O) groups is 6. The van der Waals surface area contributed by atoms with Gasteiger partial charge in [0.2, 0.25) is 0 Å². The average molecular weight is 1190 g/mol. The zero-order valence-electron chi connectivity index (χ0n) is 55.0. The minimum Gasteiger partial charge on any atom is -0.465 e. The molecule has 0 aliphatic carbocycles. The lowest BCUT2D eigenvalue weighted by Gasteiger charge is -2.21. The zero-order chi connectivity index (χ0) is 61.5. The van der Waals surface area contributed by atoms with Gasteiger partial charge >= 0.3 is 35.8 Å². The van der Waals surface area contributed by atoms with E-state index in [9.17, 15) is 33.9 Å².